The van der Waals surface area contributed by atoms with Crippen LogP contribution in [0.4, 0.5) is 4.39 Å². The number of aromatic nitrogens is 2. The molecular weight excluding hydrogens is 347 g/mol. The minimum atomic E-state index is -0.283. The van der Waals surface area contributed by atoms with Gasteiger partial charge in [-0.05, 0) is 36.3 Å². The summed E-state index contributed by atoms with van der Waals surface area (Å²) in [6.45, 7) is 1.19. The van der Waals surface area contributed by atoms with Gasteiger partial charge in [0.15, 0.2) is 5.75 Å². The number of allylic oxidation sites excluding steroid dienone is 4. The first-order chi connectivity index (χ1) is 13.0. The molecule has 2 aromatic heterocycles. The van der Waals surface area contributed by atoms with E-state index >= 15 is 0 Å². The molecule has 0 aromatic carbocycles. The number of hydrogen-bond donors (Lipinski definition) is 2. The second kappa shape index (κ2) is 6.83. The van der Waals surface area contributed by atoms with E-state index in [1.807, 2.05) is 6.08 Å². The predicted octanol–water partition coefficient (Wildman–Crippen LogP) is 2.35. The van der Waals surface area contributed by atoms with Crippen LogP contribution in [-0.4, -0.2) is 38.6 Å². The van der Waals surface area contributed by atoms with Gasteiger partial charge in [0.25, 0.3) is 0 Å². The number of nitrogens with one attached hydrogen (secondary N) is 1. The van der Waals surface area contributed by atoms with Gasteiger partial charge in [-0.3, -0.25) is 15.2 Å². The number of nitrogens with zero attached hydrogens (tertiary/aromatic N) is 3. The van der Waals surface area contributed by atoms with Crippen molar-refractivity contribution in [3.05, 3.63) is 65.2 Å². The van der Waals surface area contributed by atoms with Crippen molar-refractivity contribution < 1.29 is 14.3 Å². The molecule has 3 heterocycles. The second-order valence-corrected chi connectivity index (χ2v) is 6.62. The summed E-state index contributed by atoms with van der Waals surface area (Å²) >= 11 is 0. The maximum Gasteiger partial charge on any atom is 0.229 e. The molecule has 27 heavy (non-hydrogen) atoms. The largest absolute Gasteiger partial charge is 0.504 e. The first-order valence-corrected chi connectivity index (χ1v) is 8.79. The van der Waals surface area contributed by atoms with Gasteiger partial charge < -0.3 is 14.6 Å². The van der Waals surface area contributed by atoms with Crippen LogP contribution in [0.5, 0.6) is 5.75 Å². The number of rotatable bonds is 2. The fourth-order valence-corrected chi connectivity index (χ4v) is 3.51. The van der Waals surface area contributed by atoms with Gasteiger partial charge in [0.05, 0.1) is 12.1 Å². The highest BCUT2D eigenvalue weighted by Crippen LogP contribution is 2.26. The van der Waals surface area contributed by atoms with Crippen molar-refractivity contribution in [2.75, 3.05) is 13.1 Å². The lowest BCUT2D eigenvalue weighted by molar-refractivity contribution is -0.129. The molecule has 0 saturated heterocycles. The number of amides is 1. The van der Waals surface area contributed by atoms with Crippen LogP contribution in [0.15, 0.2) is 54.0 Å². The summed E-state index contributed by atoms with van der Waals surface area (Å²) in [6, 6.07) is 3.46. The average molecular weight is 366 g/mol. The molecule has 2 N–H and O–H groups in total. The molecule has 138 valence electrons. The third-order valence-electron chi connectivity index (χ3n) is 4.94. The molecule has 0 unspecified atom stereocenters. The van der Waals surface area contributed by atoms with Crippen molar-refractivity contribution in [2.24, 2.45) is 0 Å². The first-order valence-electron chi connectivity index (χ1n) is 8.79. The lowest BCUT2D eigenvalue weighted by Crippen LogP contribution is -2.34. The van der Waals surface area contributed by atoms with Crippen LogP contribution in [0.1, 0.15) is 12.1 Å². The minimum absolute atomic E-state index is 0.00612. The Hall–Kier alpha value is -3.22. The third-order valence-corrected chi connectivity index (χ3v) is 4.94. The van der Waals surface area contributed by atoms with Gasteiger partial charge in [0, 0.05) is 31.2 Å². The molecule has 1 aliphatic heterocycles. The smallest absolute Gasteiger partial charge is 0.229 e. The maximum atomic E-state index is 13.3. The number of carbonyl (C=O) groups is 1. The standard InChI is InChI=1S/C20H19FN4O2/c21-14-4-1-3-13(6-7-14)12-24-9-10-25-16(11-17(24)26)19(27)18-15(20(25)22)5-2-8-23-18/h2-8,22,27H,1,9-12H2. The SMILES string of the molecule is N=c1c2cccnc2c(O)c2n1CCN(CC1=CCC=C(F)C=C1)C(=O)C2. The fraction of sp³-hybridized carbons (Fsp3) is 0.250. The Balaban J connectivity index is 1.66. The monoisotopic (exact) mass is 366 g/mol. The van der Waals surface area contributed by atoms with Crippen molar-refractivity contribution >= 4 is 16.8 Å². The predicted molar refractivity (Wildman–Crippen MR) is 98.6 cm³/mol. The number of halogens is 1. The van der Waals surface area contributed by atoms with Crippen LogP contribution in [0.3, 0.4) is 0 Å². The Morgan fingerprint density at radius 3 is 2.96 bits per heavy atom. The fourth-order valence-electron chi connectivity index (χ4n) is 3.51. The third kappa shape index (κ3) is 3.16. The van der Waals surface area contributed by atoms with Crippen LogP contribution in [0, 0.1) is 5.41 Å². The molecule has 4 rings (SSSR count). The Labute approximate surface area is 155 Å². The molecule has 1 amide bonds. The second-order valence-electron chi connectivity index (χ2n) is 6.62. The van der Waals surface area contributed by atoms with Gasteiger partial charge in [-0.1, -0.05) is 12.2 Å². The van der Waals surface area contributed by atoms with Crippen molar-refractivity contribution in [1.29, 1.82) is 5.41 Å². The maximum absolute atomic E-state index is 13.3. The summed E-state index contributed by atoms with van der Waals surface area (Å²) in [5.41, 5.74) is 1.86. The molecule has 6 nitrogen and oxygen atoms in total. The molecule has 2 aliphatic rings. The molecule has 0 saturated carbocycles. The lowest BCUT2D eigenvalue weighted by Gasteiger charge is -2.20. The zero-order chi connectivity index (χ0) is 19.0. The van der Waals surface area contributed by atoms with Crippen molar-refractivity contribution in [2.45, 2.75) is 19.4 Å². The van der Waals surface area contributed by atoms with Gasteiger partial charge in [-0.25, -0.2) is 4.39 Å². The van der Waals surface area contributed by atoms with Gasteiger partial charge >= 0.3 is 0 Å². The first kappa shape index (κ1) is 17.2. The van der Waals surface area contributed by atoms with E-state index in [4.69, 9.17) is 5.41 Å². The summed E-state index contributed by atoms with van der Waals surface area (Å²) < 4.78 is 15.0. The zero-order valence-corrected chi connectivity index (χ0v) is 14.7. The highest BCUT2D eigenvalue weighted by Gasteiger charge is 2.25. The molecule has 2 aromatic rings. The molecule has 7 heteroatoms. The normalized spacial score (nSPS) is 17.2. The van der Waals surface area contributed by atoms with E-state index in [1.165, 1.54) is 12.2 Å². The molecule has 0 fully saturated rings. The molecular formula is C20H19FN4O2. The van der Waals surface area contributed by atoms with E-state index in [1.54, 1.807) is 33.9 Å². The van der Waals surface area contributed by atoms with E-state index in [2.05, 4.69) is 4.98 Å². The summed E-state index contributed by atoms with van der Waals surface area (Å²) in [6.07, 6.45) is 8.50. The van der Waals surface area contributed by atoms with Crippen LogP contribution in [0.25, 0.3) is 10.9 Å². The van der Waals surface area contributed by atoms with Crippen LogP contribution in [-0.2, 0) is 17.8 Å². The van der Waals surface area contributed by atoms with Gasteiger partial charge in [-0.2, -0.15) is 0 Å². The molecule has 0 atom stereocenters. The van der Waals surface area contributed by atoms with Crippen LogP contribution < -0.4 is 5.49 Å². The van der Waals surface area contributed by atoms with E-state index in [0.29, 0.717) is 42.7 Å². The summed E-state index contributed by atoms with van der Waals surface area (Å²) in [5, 5.41) is 19.6. The lowest BCUT2D eigenvalue weighted by atomic mass is 10.1. The Morgan fingerprint density at radius 1 is 1.26 bits per heavy atom. The van der Waals surface area contributed by atoms with Crippen molar-refractivity contribution in [1.82, 2.24) is 14.5 Å². The summed E-state index contributed by atoms with van der Waals surface area (Å²) in [7, 11) is 0. The highest BCUT2D eigenvalue weighted by atomic mass is 19.1. The van der Waals surface area contributed by atoms with E-state index in [9.17, 15) is 14.3 Å². The molecule has 0 radical (unpaired) electrons. The number of carbonyl (C=O) groups excluding carboxylic acids is 1. The molecule has 1 aliphatic carbocycles. The van der Waals surface area contributed by atoms with Gasteiger partial charge in [-0.15, -0.1) is 0 Å². The highest BCUT2D eigenvalue weighted by molar-refractivity contribution is 5.87. The van der Waals surface area contributed by atoms with Gasteiger partial charge in [0.1, 0.15) is 16.8 Å². The Morgan fingerprint density at radius 2 is 2.11 bits per heavy atom. The minimum Gasteiger partial charge on any atom is -0.504 e. The number of hydrogen-bond acceptors (Lipinski definition) is 4. The van der Waals surface area contributed by atoms with Gasteiger partial charge in [0.2, 0.25) is 5.91 Å². The average Bonchev–Trinajstić information content (AvgIpc) is 2.97. The van der Waals surface area contributed by atoms with Crippen LogP contribution >= 0.6 is 0 Å². The molecule has 0 spiro atoms. The van der Waals surface area contributed by atoms with E-state index in [0.717, 1.165) is 5.57 Å². The summed E-state index contributed by atoms with van der Waals surface area (Å²) in [5.74, 6) is -0.468. The quantitative estimate of drug-likeness (QED) is 0.856. The van der Waals surface area contributed by atoms with Crippen LogP contribution in [0.2, 0.25) is 0 Å². The number of pyridine rings is 2. The Kier molecular flexibility index (Phi) is 4.35. The molecule has 0 bridgehead atoms. The zero-order valence-electron chi connectivity index (χ0n) is 14.7. The van der Waals surface area contributed by atoms with Crippen molar-refractivity contribution in [3.8, 4) is 5.75 Å². The number of aromatic hydroxyl groups is 1. The number of fused-ring (bicyclic) bond motifs is 2. The van der Waals surface area contributed by atoms with Crippen molar-refractivity contribution in [3.63, 3.8) is 0 Å². The topological polar surface area (TPSA) is 82.2 Å². The Bertz CT molecular complexity index is 1080. The van der Waals surface area contributed by atoms with E-state index in [-0.39, 0.29) is 29.4 Å². The summed E-state index contributed by atoms with van der Waals surface area (Å²) in [4.78, 5) is 18.6. The van der Waals surface area contributed by atoms with E-state index < -0.39 is 0 Å².